The molecule has 11 rings (SSSR count). The molecule has 0 atom stereocenters. The van der Waals surface area contributed by atoms with E-state index in [1.54, 1.807) is 0 Å². The van der Waals surface area contributed by atoms with Crippen LogP contribution in [-0.2, 0) is 0 Å². The monoisotopic (exact) mass is 672 g/mol. The highest BCUT2D eigenvalue weighted by atomic mass is 16.3. The van der Waals surface area contributed by atoms with Crippen LogP contribution in [0, 0.1) is 0 Å². The van der Waals surface area contributed by atoms with E-state index in [0.29, 0.717) is 0 Å². The summed E-state index contributed by atoms with van der Waals surface area (Å²) in [5.41, 5.74) is 11.4. The molecule has 1 heteroatoms. The van der Waals surface area contributed by atoms with E-state index < -0.39 is 0 Å². The molecule has 1 heterocycles. The average molecular weight is 673 g/mol. The molecule has 0 aliphatic carbocycles. The van der Waals surface area contributed by atoms with Crippen molar-refractivity contribution >= 4 is 65.0 Å². The predicted octanol–water partition coefficient (Wildman–Crippen LogP) is 14.9. The first-order valence-corrected chi connectivity index (χ1v) is 18.2. The van der Waals surface area contributed by atoms with E-state index in [-0.39, 0.29) is 0 Å². The van der Waals surface area contributed by atoms with Gasteiger partial charge in [0.25, 0.3) is 0 Å². The van der Waals surface area contributed by atoms with Crippen LogP contribution in [0.15, 0.2) is 199 Å². The Kier molecular flexibility index (Phi) is 6.62. The Bertz CT molecular complexity index is 3020. The van der Waals surface area contributed by atoms with Crippen LogP contribution in [-0.4, -0.2) is 0 Å². The van der Waals surface area contributed by atoms with Gasteiger partial charge in [-0.15, -0.1) is 0 Å². The fourth-order valence-corrected chi connectivity index (χ4v) is 8.09. The van der Waals surface area contributed by atoms with Gasteiger partial charge in [0.1, 0.15) is 11.2 Å². The summed E-state index contributed by atoms with van der Waals surface area (Å²) in [5.74, 6) is 0. The van der Waals surface area contributed by atoms with Crippen LogP contribution in [0.2, 0.25) is 0 Å². The fraction of sp³-hybridized carbons (Fsp3) is 0. The molecule has 0 radical (unpaired) electrons. The number of hydrogen-bond acceptors (Lipinski definition) is 1. The zero-order valence-electron chi connectivity index (χ0n) is 28.9. The molecule has 11 aromatic rings. The van der Waals surface area contributed by atoms with Crippen molar-refractivity contribution in [2.45, 2.75) is 0 Å². The highest BCUT2D eigenvalue weighted by Gasteiger charge is 2.12. The van der Waals surface area contributed by atoms with E-state index >= 15 is 0 Å². The maximum atomic E-state index is 6.58. The molecule has 0 aliphatic heterocycles. The van der Waals surface area contributed by atoms with Crippen molar-refractivity contribution in [3.8, 4) is 44.5 Å². The Morgan fingerprint density at radius 3 is 0.830 bits per heavy atom. The smallest absolute Gasteiger partial charge is 0.136 e. The summed E-state index contributed by atoms with van der Waals surface area (Å²) in [6, 6.07) is 70.7. The van der Waals surface area contributed by atoms with E-state index in [0.717, 1.165) is 33.1 Å². The third kappa shape index (κ3) is 5.17. The quantitative estimate of drug-likeness (QED) is 0.181. The predicted molar refractivity (Wildman–Crippen MR) is 225 cm³/mol. The fourth-order valence-electron chi connectivity index (χ4n) is 8.09. The molecule has 0 saturated carbocycles. The minimum atomic E-state index is 0.901. The van der Waals surface area contributed by atoms with Crippen molar-refractivity contribution in [1.29, 1.82) is 0 Å². The lowest BCUT2D eigenvalue weighted by atomic mass is 9.95. The molecule has 53 heavy (non-hydrogen) atoms. The van der Waals surface area contributed by atoms with Gasteiger partial charge < -0.3 is 4.42 Å². The lowest BCUT2D eigenvalue weighted by Crippen LogP contribution is -1.83. The Morgan fingerprint density at radius 2 is 0.472 bits per heavy atom. The Balaban J connectivity index is 0.925. The third-order valence-electron chi connectivity index (χ3n) is 11.0. The first kappa shape index (κ1) is 29.7. The standard InChI is InChI=1S/C52H32O/c1-3-7-37-25-39(15-9-33(37)5-1)41-17-11-35-13-19-43(29-47(35)27-41)45-21-23-49-50-24-22-46(32-52(50)53-51(49)31-45)44-20-14-36-12-18-42(28-48(36)30-44)40-16-10-34-6-2-4-8-38(34)26-40/h1-32H. The van der Waals surface area contributed by atoms with Crippen molar-refractivity contribution < 1.29 is 4.42 Å². The molecule has 246 valence electrons. The highest BCUT2D eigenvalue weighted by molar-refractivity contribution is 6.07. The molecule has 0 saturated heterocycles. The Hall–Kier alpha value is -6.96. The Morgan fingerprint density at radius 1 is 0.208 bits per heavy atom. The Labute approximate surface area is 307 Å². The van der Waals surface area contributed by atoms with Crippen LogP contribution in [0.4, 0.5) is 0 Å². The molecule has 0 unspecified atom stereocenters. The topological polar surface area (TPSA) is 13.1 Å². The van der Waals surface area contributed by atoms with Gasteiger partial charge in [0.05, 0.1) is 0 Å². The van der Waals surface area contributed by atoms with Crippen LogP contribution in [0.3, 0.4) is 0 Å². The van der Waals surface area contributed by atoms with Gasteiger partial charge in [0, 0.05) is 10.8 Å². The second kappa shape index (κ2) is 11.8. The summed E-state index contributed by atoms with van der Waals surface area (Å²) < 4.78 is 6.58. The van der Waals surface area contributed by atoms with Gasteiger partial charge >= 0.3 is 0 Å². The third-order valence-corrected chi connectivity index (χ3v) is 11.0. The lowest BCUT2D eigenvalue weighted by Gasteiger charge is -2.08. The molecule has 1 nitrogen and oxygen atoms in total. The van der Waals surface area contributed by atoms with E-state index in [9.17, 15) is 0 Å². The number of hydrogen-bond donors (Lipinski definition) is 0. The summed E-state index contributed by atoms with van der Waals surface area (Å²) in [4.78, 5) is 0. The maximum Gasteiger partial charge on any atom is 0.136 e. The molecule has 0 amide bonds. The summed E-state index contributed by atoms with van der Waals surface area (Å²) in [6.07, 6.45) is 0. The number of fused-ring (bicyclic) bond motifs is 7. The SMILES string of the molecule is c1ccc2cc(-c3ccc4ccc(-c5ccc6c(c5)oc5cc(-c7ccc8ccc(-c9ccc%10ccccc%10c9)cc8c7)ccc56)cc4c3)ccc2c1. The van der Waals surface area contributed by atoms with Crippen molar-refractivity contribution in [2.24, 2.45) is 0 Å². The second-order valence-corrected chi connectivity index (χ2v) is 14.2. The number of furan rings is 1. The normalized spacial score (nSPS) is 11.8. The van der Waals surface area contributed by atoms with E-state index in [2.05, 4.69) is 194 Å². The van der Waals surface area contributed by atoms with Crippen LogP contribution in [0.5, 0.6) is 0 Å². The van der Waals surface area contributed by atoms with Crippen LogP contribution in [0.1, 0.15) is 0 Å². The van der Waals surface area contributed by atoms with Crippen molar-refractivity contribution in [1.82, 2.24) is 0 Å². The van der Waals surface area contributed by atoms with Crippen molar-refractivity contribution in [2.75, 3.05) is 0 Å². The molecule has 0 bridgehead atoms. The summed E-state index contributed by atoms with van der Waals surface area (Å²) in [6.45, 7) is 0. The molecule has 0 aliphatic rings. The zero-order chi connectivity index (χ0) is 34.9. The van der Waals surface area contributed by atoms with Gasteiger partial charge in [-0.25, -0.2) is 0 Å². The maximum absolute atomic E-state index is 6.58. The first-order valence-electron chi connectivity index (χ1n) is 18.2. The molecular weight excluding hydrogens is 641 g/mol. The molecule has 0 N–H and O–H groups in total. The van der Waals surface area contributed by atoms with Gasteiger partial charge in [-0.1, -0.05) is 133 Å². The van der Waals surface area contributed by atoms with Gasteiger partial charge in [-0.05, 0) is 148 Å². The van der Waals surface area contributed by atoms with E-state index in [1.165, 1.54) is 76.5 Å². The highest BCUT2D eigenvalue weighted by Crippen LogP contribution is 2.37. The van der Waals surface area contributed by atoms with Gasteiger partial charge in [0.2, 0.25) is 0 Å². The molecule has 1 aromatic heterocycles. The largest absolute Gasteiger partial charge is 0.456 e. The van der Waals surface area contributed by atoms with Gasteiger partial charge in [-0.3, -0.25) is 0 Å². The van der Waals surface area contributed by atoms with E-state index in [4.69, 9.17) is 4.42 Å². The number of benzene rings is 10. The first-order chi connectivity index (χ1) is 26.2. The lowest BCUT2D eigenvalue weighted by molar-refractivity contribution is 0.669. The van der Waals surface area contributed by atoms with Crippen molar-refractivity contribution in [3.63, 3.8) is 0 Å². The summed E-state index contributed by atoms with van der Waals surface area (Å²) in [5, 5.41) is 12.2. The average Bonchev–Trinajstić information content (AvgIpc) is 3.59. The molecule has 0 fully saturated rings. The van der Waals surface area contributed by atoms with Crippen molar-refractivity contribution in [3.05, 3.63) is 194 Å². The molecular formula is C52H32O. The van der Waals surface area contributed by atoms with Crippen LogP contribution in [0.25, 0.3) is 110 Å². The minimum absolute atomic E-state index is 0.901. The van der Waals surface area contributed by atoms with Crippen LogP contribution < -0.4 is 0 Å². The summed E-state index contributed by atoms with van der Waals surface area (Å²) >= 11 is 0. The minimum Gasteiger partial charge on any atom is -0.456 e. The van der Waals surface area contributed by atoms with Gasteiger partial charge in [0.15, 0.2) is 0 Å². The summed E-state index contributed by atoms with van der Waals surface area (Å²) in [7, 11) is 0. The van der Waals surface area contributed by atoms with Gasteiger partial charge in [-0.2, -0.15) is 0 Å². The van der Waals surface area contributed by atoms with Crippen LogP contribution >= 0.6 is 0 Å². The zero-order valence-corrected chi connectivity index (χ0v) is 28.9. The molecule has 10 aromatic carbocycles. The second-order valence-electron chi connectivity index (χ2n) is 14.2. The number of rotatable bonds is 4. The molecule has 0 spiro atoms. The van der Waals surface area contributed by atoms with E-state index in [1.807, 2.05) is 0 Å².